The van der Waals surface area contributed by atoms with Gasteiger partial charge in [-0.3, -0.25) is 4.79 Å². The Labute approximate surface area is 161 Å². The second kappa shape index (κ2) is 8.02. The Hall–Kier alpha value is -2.17. The van der Waals surface area contributed by atoms with E-state index in [0.29, 0.717) is 10.9 Å². The number of hydrogen-bond donors (Lipinski definition) is 0. The molecule has 0 amide bonds. The fourth-order valence-corrected chi connectivity index (χ4v) is 4.48. The van der Waals surface area contributed by atoms with Crippen molar-refractivity contribution < 1.29 is 4.79 Å². The van der Waals surface area contributed by atoms with Crippen LogP contribution in [-0.4, -0.2) is 26.1 Å². The number of nitrogens with zero attached hydrogens (tertiary/aromatic N) is 4. The first-order chi connectivity index (χ1) is 12.5. The monoisotopic (exact) mass is 384 g/mol. The summed E-state index contributed by atoms with van der Waals surface area (Å²) in [6.07, 6.45) is 0. The average molecular weight is 385 g/mol. The predicted octanol–water partition coefficient (Wildman–Crippen LogP) is 4.43. The zero-order valence-electron chi connectivity index (χ0n) is 15.0. The fourth-order valence-electron chi connectivity index (χ4n) is 2.69. The lowest BCUT2D eigenvalue weighted by molar-refractivity contribution is -0.116. The van der Waals surface area contributed by atoms with Gasteiger partial charge in [0.25, 0.3) is 0 Å². The van der Waals surface area contributed by atoms with E-state index in [2.05, 4.69) is 34.5 Å². The van der Waals surface area contributed by atoms with E-state index in [4.69, 9.17) is 0 Å². The second-order valence-corrected chi connectivity index (χ2v) is 8.36. The number of fused-ring (bicyclic) bond motifs is 1. The van der Waals surface area contributed by atoms with Crippen molar-refractivity contribution in [1.82, 2.24) is 14.5 Å². The SMILES string of the molecule is Cc1csc(C(C#N)C(=O)CSc2nc3ccccc3n2CC(C)C)n1. The van der Waals surface area contributed by atoms with Crippen LogP contribution in [0.2, 0.25) is 0 Å². The van der Waals surface area contributed by atoms with Gasteiger partial charge in [0.05, 0.1) is 22.9 Å². The van der Waals surface area contributed by atoms with Crippen molar-refractivity contribution >= 4 is 39.9 Å². The summed E-state index contributed by atoms with van der Waals surface area (Å²) in [5.74, 6) is -0.259. The van der Waals surface area contributed by atoms with Gasteiger partial charge in [-0.2, -0.15) is 5.26 Å². The van der Waals surface area contributed by atoms with E-state index in [0.717, 1.165) is 28.4 Å². The molecule has 0 saturated heterocycles. The molecule has 3 rings (SSSR count). The first-order valence-corrected chi connectivity index (χ1v) is 10.3. The van der Waals surface area contributed by atoms with Gasteiger partial charge in [0.1, 0.15) is 5.01 Å². The van der Waals surface area contributed by atoms with Crippen LogP contribution >= 0.6 is 23.1 Å². The summed E-state index contributed by atoms with van der Waals surface area (Å²) in [4.78, 5) is 21.6. The Bertz CT molecular complexity index is 967. The minimum atomic E-state index is -0.802. The molecule has 0 aliphatic rings. The van der Waals surface area contributed by atoms with Crippen LogP contribution in [0.5, 0.6) is 0 Å². The van der Waals surface area contributed by atoms with Crippen molar-refractivity contribution in [3.05, 3.63) is 40.3 Å². The number of aryl methyl sites for hydroxylation is 1. The lowest BCUT2D eigenvalue weighted by Crippen LogP contribution is -2.14. The number of hydrogen-bond acceptors (Lipinski definition) is 6. The number of nitriles is 1. The average Bonchev–Trinajstić information content (AvgIpc) is 3.18. The third kappa shape index (κ3) is 3.97. The minimum absolute atomic E-state index is 0.130. The van der Waals surface area contributed by atoms with Gasteiger partial charge < -0.3 is 4.57 Å². The summed E-state index contributed by atoms with van der Waals surface area (Å²) in [5, 5.41) is 12.7. The Morgan fingerprint density at radius 1 is 1.35 bits per heavy atom. The third-order valence-corrected chi connectivity index (χ3v) is 5.87. The molecule has 0 radical (unpaired) electrons. The van der Waals surface area contributed by atoms with E-state index < -0.39 is 5.92 Å². The van der Waals surface area contributed by atoms with Crippen LogP contribution in [0.4, 0.5) is 0 Å². The van der Waals surface area contributed by atoms with Gasteiger partial charge in [0, 0.05) is 17.6 Å². The van der Waals surface area contributed by atoms with Crippen LogP contribution in [0, 0.1) is 24.2 Å². The number of para-hydroxylation sites is 2. The zero-order valence-corrected chi connectivity index (χ0v) is 16.6. The highest BCUT2D eigenvalue weighted by Crippen LogP contribution is 2.28. The van der Waals surface area contributed by atoms with Crippen LogP contribution in [0.3, 0.4) is 0 Å². The number of carbonyl (C=O) groups excluding carboxylic acids is 1. The van der Waals surface area contributed by atoms with Gasteiger partial charge in [-0.1, -0.05) is 37.7 Å². The highest BCUT2D eigenvalue weighted by Gasteiger charge is 2.24. The van der Waals surface area contributed by atoms with E-state index in [1.165, 1.54) is 23.1 Å². The molecule has 2 aromatic heterocycles. The molecule has 5 nitrogen and oxygen atoms in total. The first-order valence-electron chi connectivity index (χ1n) is 8.42. The Balaban J connectivity index is 1.80. The third-order valence-electron chi connectivity index (χ3n) is 3.85. The number of ketones is 1. The minimum Gasteiger partial charge on any atom is -0.319 e. The summed E-state index contributed by atoms with van der Waals surface area (Å²) in [6, 6.07) is 10.1. The molecule has 1 unspecified atom stereocenters. The quantitative estimate of drug-likeness (QED) is 0.564. The summed E-state index contributed by atoms with van der Waals surface area (Å²) >= 11 is 2.76. The van der Waals surface area contributed by atoms with Crippen LogP contribution < -0.4 is 0 Å². The van der Waals surface area contributed by atoms with E-state index >= 15 is 0 Å². The van der Waals surface area contributed by atoms with Crippen LogP contribution in [0.15, 0.2) is 34.8 Å². The highest BCUT2D eigenvalue weighted by atomic mass is 32.2. The molecule has 3 aromatic rings. The number of imidazole rings is 1. The largest absolute Gasteiger partial charge is 0.319 e. The smallest absolute Gasteiger partial charge is 0.169 e. The number of thiazole rings is 1. The molecule has 0 aliphatic heterocycles. The van der Waals surface area contributed by atoms with Crippen molar-refractivity contribution in [2.75, 3.05) is 5.75 Å². The molecule has 7 heteroatoms. The molecule has 0 bridgehead atoms. The number of carbonyl (C=O) groups is 1. The summed E-state index contributed by atoms with van der Waals surface area (Å²) in [6.45, 7) is 7.02. The van der Waals surface area contributed by atoms with E-state index in [1.54, 1.807) is 0 Å². The predicted molar refractivity (Wildman–Crippen MR) is 106 cm³/mol. The highest BCUT2D eigenvalue weighted by molar-refractivity contribution is 7.99. The lowest BCUT2D eigenvalue weighted by atomic mass is 10.1. The summed E-state index contributed by atoms with van der Waals surface area (Å²) in [5.41, 5.74) is 2.84. The number of Topliss-reactive ketones (excluding diaryl/α,β-unsaturated/α-hetero) is 1. The molecule has 0 fully saturated rings. The number of rotatable bonds is 7. The van der Waals surface area contributed by atoms with Gasteiger partial charge in [-0.25, -0.2) is 9.97 Å². The maximum absolute atomic E-state index is 12.6. The number of thioether (sulfide) groups is 1. The molecular weight excluding hydrogens is 364 g/mol. The van der Waals surface area contributed by atoms with Gasteiger partial charge in [-0.15, -0.1) is 11.3 Å². The van der Waals surface area contributed by atoms with Gasteiger partial charge in [0.2, 0.25) is 0 Å². The van der Waals surface area contributed by atoms with Crippen molar-refractivity contribution in [2.45, 2.75) is 38.4 Å². The normalized spacial score (nSPS) is 12.4. The van der Waals surface area contributed by atoms with Crippen molar-refractivity contribution in [3.8, 4) is 6.07 Å². The standard InChI is InChI=1S/C19H20N4OS2/c1-12(2)9-23-16-7-5-4-6-15(16)22-19(23)26-11-17(24)14(8-20)18-21-13(3)10-25-18/h4-7,10,12,14H,9,11H2,1-3H3. The van der Waals surface area contributed by atoms with Crippen LogP contribution in [0.1, 0.15) is 30.5 Å². The number of benzene rings is 1. The molecule has 0 N–H and O–H groups in total. The zero-order chi connectivity index (χ0) is 18.7. The molecule has 26 heavy (non-hydrogen) atoms. The van der Waals surface area contributed by atoms with E-state index in [9.17, 15) is 10.1 Å². The molecular formula is C19H20N4OS2. The van der Waals surface area contributed by atoms with E-state index in [-0.39, 0.29) is 11.5 Å². The van der Waals surface area contributed by atoms with Crippen LogP contribution in [0.25, 0.3) is 11.0 Å². The Morgan fingerprint density at radius 3 is 2.77 bits per heavy atom. The van der Waals surface area contributed by atoms with E-state index in [1.807, 2.05) is 36.6 Å². The fraction of sp³-hybridized carbons (Fsp3) is 0.368. The van der Waals surface area contributed by atoms with Gasteiger partial charge >= 0.3 is 0 Å². The van der Waals surface area contributed by atoms with Gasteiger partial charge in [-0.05, 0) is 25.0 Å². The topological polar surface area (TPSA) is 71.6 Å². The molecule has 134 valence electrons. The van der Waals surface area contributed by atoms with Crippen molar-refractivity contribution in [1.29, 1.82) is 5.26 Å². The Morgan fingerprint density at radius 2 is 2.12 bits per heavy atom. The van der Waals surface area contributed by atoms with Gasteiger partial charge in [0.15, 0.2) is 16.9 Å². The molecule has 2 heterocycles. The van der Waals surface area contributed by atoms with Crippen LogP contribution in [-0.2, 0) is 11.3 Å². The summed E-state index contributed by atoms with van der Waals surface area (Å²) < 4.78 is 2.16. The molecule has 1 aromatic carbocycles. The van der Waals surface area contributed by atoms with Crippen molar-refractivity contribution in [3.63, 3.8) is 0 Å². The van der Waals surface area contributed by atoms with Crippen molar-refractivity contribution in [2.24, 2.45) is 5.92 Å². The maximum atomic E-state index is 12.6. The molecule has 0 aliphatic carbocycles. The molecule has 0 saturated carbocycles. The number of aromatic nitrogens is 3. The maximum Gasteiger partial charge on any atom is 0.169 e. The summed E-state index contributed by atoms with van der Waals surface area (Å²) in [7, 11) is 0. The second-order valence-electron chi connectivity index (χ2n) is 6.53. The Kier molecular flexibility index (Phi) is 5.74. The molecule has 1 atom stereocenters. The lowest BCUT2D eigenvalue weighted by Gasteiger charge is -2.11. The molecule has 0 spiro atoms. The first kappa shape index (κ1) is 18.6.